The Hall–Kier alpha value is -4.68. The molecule has 3 heterocycles. The number of methoxy groups -OCH3 is 2. The van der Waals surface area contributed by atoms with Crippen LogP contribution in [0.5, 0.6) is 0 Å². The van der Waals surface area contributed by atoms with Gasteiger partial charge in [-0.25, -0.2) is 0 Å². The van der Waals surface area contributed by atoms with Crippen molar-refractivity contribution < 1.29 is 78.5 Å². The molecule has 27 heteroatoms. The number of rotatable bonds is 25. The highest BCUT2D eigenvalue weighted by molar-refractivity contribution is 5.80. The average molecular weight is 1520 g/mol. The molecule has 1 unspecified atom stereocenters. The number of hydrogen-bond donors (Lipinski definition) is 15. The minimum atomic E-state index is -0.849. The zero-order valence-electron chi connectivity index (χ0n) is 64.4. The maximum atomic E-state index is 11.6. The van der Waals surface area contributed by atoms with Crippen LogP contribution < -0.4 is 47.9 Å². The highest BCUT2D eigenvalue weighted by Gasteiger charge is 2.31. The van der Waals surface area contributed by atoms with Crippen LogP contribution in [0.25, 0.3) is 0 Å². The van der Waals surface area contributed by atoms with Gasteiger partial charge in [-0.3, -0.25) is 38.4 Å². The van der Waals surface area contributed by atoms with Crippen molar-refractivity contribution >= 4 is 47.3 Å². The van der Waals surface area contributed by atoms with Gasteiger partial charge in [-0.05, 0) is 116 Å². The molecule has 5 rings (SSSR count). The summed E-state index contributed by atoms with van der Waals surface area (Å²) in [6, 6.07) is 1.03. The second-order valence-electron chi connectivity index (χ2n) is 29.0. The maximum Gasteiger partial charge on any atom is 0.222 e. The Balaban J connectivity index is -0.000000122. The fourth-order valence-electron chi connectivity index (χ4n) is 8.86. The van der Waals surface area contributed by atoms with Crippen LogP contribution in [0.15, 0.2) is 0 Å². The Kier molecular flexibility index (Phi) is 82.0. The van der Waals surface area contributed by atoms with Gasteiger partial charge in [0.2, 0.25) is 47.3 Å². The third-order valence-electron chi connectivity index (χ3n) is 16.4. The molecule has 0 radical (unpaired) electrons. The number of nitrogens with one attached hydrogen (secondary N) is 9. The van der Waals surface area contributed by atoms with E-state index in [2.05, 4.69) is 71.7 Å². The van der Waals surface area contributed by atoms with Crippen molar-refractivity contribution in [3.05, 3.63) is 0 Å². The van der Waals surface area contributed by atoms with Gasteiger partial charge in [0.15, 0.2) is 0 Å². The van der Waals surface area contributed by atoms with E-state index in [-0.39, 0.29) is 216 Å². The largest absolute Gasteiger partial charge is 0.396 e. The summed E-state index contributed by atoms with van der Waals surface area (Å²) in [6.07, 6.45) is 8.54. The van der Waals surface area contributed by atoms with E-state index < -0.39 is 12.2 Å². The predicted octanol–water partition coefficient (Wildman–Crippen LogP) is 6.76. The minimum absolute atomic E-state index is 0. The molecule has 3 aliphatic heterocycles. The molecular formula is C78H171N11O16. The van der Waals surface area contributed by atoms with E-state index in [4.69, 9.17) is 35.0 Å². The lowest BCUT2D eigenvalue weighted by Gasteiger charge is -2.36. The zero-order chi connectivity index (χ0) is 75.8. The SMILES string of the molecule is C.C.C.C.C.C.C.CC(C)C(=O)NC1CCC(O)CC1.CC(C)C(=O)NC1CCNCC1.CC(C)C(=O)NCC(O)CO.CC(C)C(=O)NCC1CC1.CC(C)C(=O)NC[C@@H](C)CO.CC(C)C(=O)NC[C@H](O)CO.CO[C@H]1CN(C)CC[C@@H]1NC(=O)C(C)C.CO[C@H]1CN(C)CC[C@@H]1NC(=O)C(C)C. The molecule has 15 N–H and O–H groups in total. The highest BCUT2D eigenvalue weighted by Crippen LogP contribution is 2.27. The number of amides is 8. The topological polar surface area (TPSA) is 391 Å². The second-order valence-corrected chi connectivity index (χ2v) is 29.0. The lowest BCUT2D eigenvalue weighted by molar-refractivity contribution is -0.127. The first-order valence-electron chi connectivity index (χ1n) is 36.1. The number of aliphatic hydroxyl groups excluding tert-OH is 6. The van der Waals surface area contributed by atoms with Gasteiger partial charge in [-0.1, -0.05) is 170 Å². The highest BCUT2D eigenvalue weighted by atomic mass is 16.5. The molecule has 105 heavy (non-hydrogen) atoms. The summed E-state index contributed by atoms with van der Waals surface area (Å²) in [5.74, 6) is 1.76. The third-order valence-corrected chi connectivity index (χ3v) is 16.4. The van der Waals surface area contributed by atoms with E-state index >= 15 is 0 Å². The second kappa shape index (κ2) is 71.0. The number of nitrogens with zero attached hydrogens (tertiary/aromatic N) is 2. The summed E-state index contributed by atoms with van der Waals surface area (Å²) in [4.78, 5) is 93.9. The van der Waals surface area contributed by atoms with E-state index in [1.165, 1.54) is 12.8 Å². The number of likely N-dealkylation sites (tertiary alicyclic amines) is 2. The van der Waals surface area contributed by atoms with Crippen LogP contribution in [0.3, 0.4) is 0 Å². The first kappa shape index (κ1) is 121. The van der Waals surface area contributed by atoms with Crippen molar-refractivity contribution in [1.29, 1.82) is 0 Å². The Bertz CT molecular complexity index is 2010. The van der Waals surface area contributed by atoms with Gasteiger partial charge in [0.25, 0.3) is 0 Å². The monoisotopic (exact) mass is 1520 g/mol. The number of carbonyl (C=O) groups is 8. The molecule has 2 aliphatic carbocycles. The van der Waals surface area contributed by atoms with Gasteiger partial charge in [0.1, 0.15) is 0 Å². The van der Waals surface area contributed by atoms with Gasteiger partial charge in [-0.2, -0.15) is 0 Å². The molecule has 0 aromatic heterocycles. The third kappa shape index (κ3) is 65.0. The first-order chi connectivity index (χ1) is 45.8. The number of carbonyl (C=O) groups excluding carboxylic acids is 8. The van der Waals surface area contributed by atoms with E-state index in [0.717, 1.165) is 103 Å². The maximum absolute atomic E-state index is 11.6. The fourth-order valence-corrected chi connectivity index (χ4v) is 8.86. The Morgan fingerprint density at radius 3 is 0.952 bits per heavy atom. The number of likely N-dealkylation sites (N-methyl/N-ethyl adjacent to an activating group) is 2. The smallest absolute Gasteiger partial charge is 0.222 e. The summed E-state index contributed by atoms with van der Waals surface area (Å²) in [6.45, 7) is 38.8. The lowest BCUT2D eigenvalue weighted by Crippen LogP contribution is -2.54. The Morgan fingerprint density at radius 1 is 0.390 bits per heavy atom. The van der Waals surface area contributed by atoms with Crippen LogP contribution in [-0.4, -0.2) is 256 Å². The zero-order valence-corrected chi connectivity index (χ0v) is 64.4. The predicted molar refractivity (Wildman–Crippen MR) is 433 cm³/mol. The molecule has 2 saturated carbocycles. The molecule has 0 bridgehead atoms. The van der Waals surface area contributed by atoms with Crippen molar-refractivity contribution in [2.45, 2.75) is 289 Å². The van der Waals surface area contributed by atoms with E-state index in [9.17, 15) is 43.5 Å². The molecule has 0 spiro atoms. The van der Waals surface area contributed by atoms with Crippen molar-refractivity contribution in [2.75, 3.05) is 114 Å². The number of hydrogen-bond acceptors (Lipinski definition) is 19. The number of aliphatic hydroxyl groups is 6. The summed E-state index contributed by atoms with van der Waals surface area (Å²) in [5.41, 5.74) is 0. The fraction of sp³-hybridized carbons (Fsp3) is 0.897. The standard InChI is InChI=1S/2C11H22N2O2.C10H19NO2.C9H18N2O.C8H17NO2.C8H15NO.2C7H15NO3.7CH4/c2*1-8(2)11(14)12-9-5-6-13(3)7-10(9)15-4;1-7(2)10(13)11-8-3-5-9(12)6-4-8;1-7(2)9(12)11-8-3-5-10-6-4-8;1-6(2)8(11)9-4-7(3)5-10;1-6(2)8(10)9-5-7-3-4-7;2*1-5(2)7(11)8-3-6(10)4-9;;;;;;;/h2*8-10H,5-7H2,1-4H3,(H,12,14);7-9,12H,3-6H2,1-2H3,(H,11,13);7-8,10H,3-6H2,1-2H3,(H,11,12);6-7,10H,4-5H2,1-3H3,(H,9,11);6-7H,3-5H2,1-2H3,(H,9,10);2*5-6,9-10H,3-4H2,1-2H3,(H,8,11);7*1H4/t2*9-,10-;;;7-;;6-;;;;;;;;/m00..1.0......../s1. The summed E-state index contributed by atoms with van der Waals surface area (Å²) < 4.78 is 10.8. The van der Waals surface area contributed by atoms with E-state index in [0.29, 0.717) is 18.6 Å². The van der Waals surface area contributed by atoms with Crippen molar-refractivity contribution in [1.82, 2.24) is 57.7 Å². The Morgan fingerprint density at radius 2 is 0.676 bits per heavy atom. The van der Waals surface area contributed by atoms with E-state index in [1.54, 1.807) is 41.9 Å². The van der Waals surface area contributed by atoms with Crippen molar-refractivity contribution in [3.8, 4) is 0 Å². The molecule has 27 nitrogen and oxygen atoms in total. The number of piperidine rings is 3. The van der Waals surface area contributed by atoms with Crippen molar-refractivity contribution in [2.24, 2.45) is 59.2 Å². The van der Waals surface area contributed by atoms with Crippen LogP contribution in [0.4, 0.5) is 0 Å². The molecule has 7 atom stereocenters. The lowest BCUT2D eigenvalue weighted by atomic mass is 9.93. The van der Waals surface area contributed by atoms with Crippen LogP contribution >= 0.6 is 0 Å². The van der Waals surface area contributed by atoms with Crippen LogP contribution in [-0.2, 0) is 47.8 Å². The van der Waals surface area contributed by atoms with Crippen molar-refractivity contribution in [3.63, 3.8) is 0 Å². The van der Waals surface area contributed by atoms with Crippen LogP contribution in [0.2, 0.25) is 0 Å². The quantitative estimate of drug-likeness (QED) is 0.0449. The summed E-state index contributed by atoms with van der Waals surface area (Å²) in [7, 11) is 7.57. The first-order valence-corrected chi connectivity index (χ1v) is 36.1. The molecule has 8 amide bonds. The summed E-state index contributed by atoms with van der Waals surface area (Å²) >= 11 is 0. The van der Waals surface area contributed by atoms with Crippen LogP contribution in [0.1, 0.15) is 234 Å². The molecular weight excluding hydrogens is 1350 g/mol. The van der Waals surface area contributed by atoms with Crippen LogP contribution in [0, 0.1) is 59.2 Å². The van der Waals surface area contributed by atoms with Gasteiger partial charge in [-0.15, -0.1) is 0 Å². The number of ether oxygens (including phenoxy) is 2. The minimum Gasteiger partial charge on any atom is -0.396 e. The molecule has 3 saturated heterocycles. The van der Waals surface area contributed by atoms with Gasteiger partial charge in [0.05, 0.1) is 55.8 Å². The van der Waals surface area contributed by atoms with E-state index in [1.807, 2.05) is 90.0 Å². The van der Waals surface area contributed by atoms with Gasteiger partial charge in [0, 0.05) is 120 Å². The average Bonchev–Trinajstić information content (AvgIpc) is 1.87. The Labute approximate surface area is 642 Å². The molecule has 5 aliphatic rings. The molecule has 634 valence electrons. The van der Waals surface area contributed by atoms with Gasteiger partial charge < -0.3 is 97.8 Å². The molecule has 5 fully saturated rings. The summed E-state index contributed by atoms with van der Waals surface area (Å²) in [5, 5.41) is 78.3. The van der Waals surface area contributed by atoms with Gasteiger partial charge >= 0.3 is 0 Å². The molecule has 0 aromatic rings. The molecule has 0 aromatic carbocycles. The normalized spacial score (nSPS) is 19.6.